The van der Waals surface area contributed by atoms with Crippen molar-refractivity contribution in [2.75, 3.05) is 6.54 Å². The summed E-state index contributed by atoms with van der Waals surface area (Å²) in [6, 6.07) is -0.716. The van der Waals surface area contributed by atoms with Crippen LogP contribution in [0.2, 0.25) is 0 Å². The predicted molar refractivity (Wildman–Crippen MR) is 67.6 cm³/mol. The molecule has 7 N–H and O–H groups in total. The SMILES string of the molecule is NCCCCC(N)C(=O)O.O=C(O)CCCC(=O)O. The van der Waals surface area contributed by atoms with Gasteiger partial charge in [-0.05, 0) is 25.8 Å². The van der Waals surface area contributed by atoms with Gasteiger partial charge in [-0.15, -0.1) is 0 Å². The normalized spacial score (nSPS) is 11.1. The number of hydrogen-bond acceptors (Lipinski definition) is 5. The van der Waals surface area contributed by atoms with Crippen molar-refractivity contribution in [2.24, 2.45) is 11.5 Å². The Morgan fingerprint density at radius 3 is 1.68 bits per heavy atom. The van der Waals surface area contributed by atoms with Crippen LogP contribution < -0.4 is 11.5 Å². The molecule has 0 fully saturated rings. The largest absolute Gasteiger partial charge is 0.481 e. The number of carboxylic acids is 3. The fourth-order valence-electron chi connectivity index (χ4n) is 1.02. The summed E-state index contributed by atoms with van der Waals surface area (Å²) >= 11 is 0. The van der Waals surface area contributed by atoms with E-state index in [1.54, 1.807) is 0 Å². The van der Waals surface area contributed by atoms with Crippen LogP contribution in [-0.4, -0.2) is 45.8 Å². The molecule has 0 rings (SSSR count). The van der Waals surface area contributed by atoms with Gasteiger partial charge in [-0.2, -0.15) is 0 Å². The average molecular weight is 278 g/mol. The number of carboxylic acid groups (broad SMARTS) is 3. The minimum atomic E-state index is -0.948. The van der Waals surface area contributed by atoms with Crippen LogP contribution in [0.5, 0.6) is 0 Å². The monoisotopic (exact) mass is 278 g/mol. The minimum absolute atomic E-state index is 0.0632. The molecule has 0 bridgehead atoms. The van der Waals surface area contributed by atoms with Gasteiger partial charge in [0.05, 0.1) is 0 Å². The van der Waals surface area contributed by atoms with Gasteiger partial charge in [0.15, 0.2) is 0 Å². The van der Waals surface area contributed by atoms with Crippen LogP contribution in [0.3, 0.4) is 0 Å². The third-order valence-corrected chi connectivity index (χ3v) is 2.07. The van der Waals surface area contributed by atoms with Crippen molar-refractivity contribution in [1.82, 2.24) is 0 Å². The Balaban J connectivity index is 0. The summed E-state index contributed by atoms with van der Waals surface area (Å²) in [4.78, 5) is 29.7. The number of hydrogen-bond donors (Lipinski definition) is 5. The lowest BCUT2D eigenvalue weighted by molar-refractivity contribution is -0.140. The molecule has 0 aromatic rings. The van der Waals surface area contributed by atoms with Gasteiger partial charge < -0.3 is 26.8 Å². The molecule has 1 atom stereocenters. The first kappa shape index (κ1) is 19.7. The Morgan fingerprint density at radius 2 is 1.37 bits per heavy atom. The van der Waals surface area contributed by atoms with Crippen molar-refractivity contribution in [1.29, 1.82) is 0 Å². The van der Waals surface area contributed by atoms with Gasteiger partial charge in [-0.1, -0.05) is 6.42 Å². The Bertz CT molecular complexity index is 268. The van der Waals surface area contributed by atoms with Crippen LogP contribution in [-0.2, 0) is 14.4 Å². The van der Waals surface area contributed by atoms with E-state index in [9.17, 15) is 14.4 Å². The lowest BCUT2D eigenvalue weighted by Gasteiger charge is -2.03. The van der Waals surface area contributed by atoms with Crippen molar-refractivity contribution in [3.05, 3.63) is 0 Å². The molecule has 8 heteroatoms. The Hall–Kier alpha value is -1.67. The Kier molecular flexibility index (Phi) is 13.2. The van der Waals surface area contributed by atoms with Gasteiger partial charge in [0.1, 0.15) is 6.04 Å². The highest BCUT2D eigenvalue weighted by Crippen LogP contribution is 1.97. The van der Waals surface area contributed by atoms with Crippen LogP contribution in [0, 0.1) is 0 Å². The third-order valence-electron chi connectivity index (χ3n) is 2.07. The zero-order chi connectivity index (χ0) is 15.3. The van der Waals surface area contributed by atoms with E-state index in [4.69, 9.17) is 26.8 Å². The van der Waals surface area contributed by atoms with E-state index < -0.39 is 23.9 Å². The van der Waals surface area contributed by atoms with Crippen LogP contribution in [0.15, 0.2) is 0 Å². The molecule has 0 aliphatic heterocycles. The molecular formula is C11H22N2O6. The lowest BCUT2D eigenvalue weighted by Crippen LogP contribution is -2.29. The number of unbranched alkanes of at least 4 members (excludes halogenated alkanes) is 1. The van der Waals surface area contributed by atoms with Crippen molar-refractivity contribution >= 4 is 17.9 Å². The highest BCUT2D eigenvalue weighted by atomic mass is 16.4. The Labute approximate surface area is 111 Å². The first-order valence-electron chi connectivity index (χ1n) is 5.93. The zero-order valence-electron chi connectivity index (χ0n) is 10.7. The topological polar surface area (TPSA) is 164 Å². The lowest BCUT2D eigenvalue weighted by atomic mass is 10.1. The second-order valence-electron chi connectivity index (χ2n) is 3.87. The molecule has 0 aliphatic carbocycles. The second kappa shape index (κ2) is 12.8. The standard InChI is InChI=1S/C6H14N2O2.C5H8O4/c7-4-2-1-3-5(8)6(9)10;6-4(7)2-1-3-5(8)9/h5H,1-4,7-8H2,(H,9,10);1-3H2,(H,6,7)(H,8,9). The van der Waals surface area contributed by atoms with Crippen LogP contribution in [0.4, 0.5) is 0 Å². The van der Waals surface area contributed by atoms with Crippen LogP contribution >= 0.6 is 0 Å². The molecule has 0 saturated carbocycles. The molecule has 0 aliphatic rings. The Morgan fingerprint density at radius 1 is 0.895 bits per heavy atom. The van der Waals surface area contributed by atoms with Crippen LogP contribution in [0.25, 0.3) is 0 Å². The summed E-state index contributed by atoms with van der Waals surface area (Å²) in [7, 11) is 0. The summed E-state index contributed by atoms with van der Waals surface area (Å²) in [5, 5.41) is 24.4. The van der Waals surface area contributed by atoms with E-state index in [2.05, 4.69) is 0 Å². The molecule has 0 radical (unpaired) electrons. The zero-order valence-corrected chi connectivity index (χ0v) is 10.7. The van der Waals surface area contributed by atoms with Gasteiger partial charge in [-0.3, -0.25) is 14.4 Å². The van der Waals surface area contributed by atoms with E-state index in [1.165, 1.54) is 0 Å². The molecule has 0 spiro atoms. The molecule has 1 unspecified atom stereocenters. The molecule has 112 valence electrons. The maximum absolute atomic E-state index is 10.1. The van der Waals surface area contributed by atoms with Gasteiger partial charge in [0.2, 0.25) is 0 Å². The molecule has 8 nitrogen and oxygen atoms in total. The van der Waals surface area contributed by atoms with E-state index >= 15 is 0 Å². The first-order chi connectivity index (χ1) is 8.81. The highest BCUT2D eigenvalue weighted by molar-refractivity contribution is 5.72. The van der Waals surface area contributed by atoms with Gasteiger partial charge in [0, 0.05) is 12.8 Å². The van der Waals surface area contributed by atoms with Crippen molar-refractivity contribution in [3.63, 3.8) is 0 Å². The minimum Gasteiger partial charge on any atom is -0.481 e. The summed E-state index contributed by atoms with van der Waals surface area (Å²) in [6.07, 6.45) is 2.25. The van der Waals surface area contributed by atoms with Gasteiger partial charge >= 0.3 is 17.9 Å². The summed E-state index contributed by atoms with van der Waals surface area (Å²) in [6.45, 7) is 0.604. The average Bonchev–Trinajstić information content (AvgIpc) is 2.28. The second-order valence-corrected chi connectivity index (χ2v) is 3.87. The smallest absolute Gasteiger partial charge is 0.320 e. The van der Waals surface area contributed by atoms with Gasteiger partial charge in [-0.25, -0.2) is 0 Å². The van der Waals surface area contributed by atoms with Crippen molar-refractivity contribution in [3.8, 4) is 0 Å². The quantitative estimate of drug-likeness (QED) is 0.363. The predicted octanol–water partition coefficient (Wildman–Crippen LogP) is -0.147. The molecule has 0 aromatic heterocycles. The number of nitrogens with two attached hydrogens (primary N) is 2. The highest BCUT2D eigenvalue weighted by Gasteiger charge is 2.09. The molecule has 19 heavy (non-hydrogen) atoms. The van der Waals surface area contributed by atoms with E-state index in [-0.39, 0.29) is 19.3 Å². The van der Waals surface area contributed by atoms with Crippen molar-refractivity contribution in [2.45, 2.75) is 44.6 Å². The van der Waals surface area contributed by atoms with Crippen molar-refractivity contribution < 1.29 is 29.7 Å². The third kappa shape index (κ3) is 18.9. The fourth-order valence-corrected chi connectivity index (χ4v) is 1.02. The fraction of sp³-hybridized carbons (Fsp3) is 0.727. The molecular weight excluding hydrogens is 256 g/mol. The number of aliphatic carboxylic acids is 3. The van der Waals surface area contributed by atoms with E-state index in [0.29, 0.717) is 13.0 Å². The summed E-state index contributed by atoms with van der Waals surface area (Å²) < 4.78 is 0. The number of carbonyl (C=O) groups is 3. The molecule has 0 aromatic carbocycles. The maximum atomic E-state index is 10.1. The molecule has 0 heterocycles. The first-order valence-corrected chi connectivity index (χ1v) is 5.93. The van der Waals surface area contributed by atoms with E-state index in [0.717, 1.165) is 12.8 Å². The van der Waals surface area contributed by atoms with Gasteiger partial charge in [0.25, 0.3) is 0 Å². The summed E-state index contributed by atoms with van der Waals surface area (Å²) in [5.74, 6) is -2.83. The summed E-state index contributed by atoms with van der Waals surface area (Å²) in [5.41, 5.74) is 10.4. The maximum Gasteiger partial charge on any atom is 0.320 e. The number of rotatable bonds is 9. The van der Waals surface area contributed by atoms with E-state index in [1.807, 2.05) is 0 Å². The van der Waals surface area contributed by atoms with Crippen LogP contribution in [0.1, 0.15) is 38.5 Å². The molecule has 0 amide bonds. The molecule has 0 saturated heterocycles.